The summed E-state index contributed by atoms with van der Waals surface area (Å²) in [4.78, 5) is 1.54. The number of aryl methyl sites for hydroxylation is 2. The molecule has 0 aliphatic carbocycles. The topological polar surface area (TPSA) is 50.9 Å². The fourth-order valence-electron chi connectivity index (χ4n) is 3.42. The van der Waals surface area contributed by atoms with Gasteiger partial charge in [0.2, 0.25) is 0 Å². The van der Waals surface area contributed by atoms with E-state index in [-0.39, 0.29) is 5.75 Å². The highest BCUT2D eigenvalue weighted by Gasteiger charge is 2.16. The van der Waals surface area contributed by atoms with E-state index in [1.54, 1.807) is 16.9 Å². The number of rotatable bonds is 7. The van der Waals surface area contributed by atoms with Crippen LogP contribution in [0.4, 0.5) is 0 Å². The van der Waals surface area contributed by atoms with Gasteiger partial charge < -0.3 is 5.11 Å². The highest BCUT2D eigenvalue weighted by atomic mass is 35.5. The Balaban J connectivity index is 1.98. The molecule has 3 aromatic rings. The minimum atomic E-state index is 0.278. The van der Waals surface area contributed by atoms with Crippen molar-refractivity contribution in [1.29, 1.82) is 0 Å². The Kier molecular flexibility index (Phi) is 6.29. The lowest BCUT2D eigenvalue weighted by Gasteiger charge is -2.18. The zero-order valence-corrected chi connectivity index (χ0v) is 18.1. The van der Waals surface area contributed by atoms with Gasteiger partial charge in [-0.3, -0.25) is 0 Å². The maximum atomic E-state index is 11.0. The Labute approximate surface area is 172 Å². The Morgan fingerprint density at radius 1 is 1.00 bits per heavy atom. The van der Waals surface area contributed by atoms with Gasteiger partial charge in [-0.2, -0.15) is 0 Å². The molecule has 1 aromatic heterocycles. The molecule has 0 fully saturated rings. The molecule has 28 heavy (non-hydrogen) atoms. The summed E-state index contributed by atoms with van der Waals surface area (Å²) in [6.07, 6.45) is 6.25. The number of hydrogen-bond acceptors (Lipinski definition) is 3. The third kappa shape index (κ3) is 5.05. The van der Waals surface area contributed by atoms with Gasteiger partial charge in [-0.1, -0.05) is 51.8 Å². The number of benzene rings is 2. The highest BCUT2D eigenvalue weighted by Crippen LogP contribution is 2.31. The average Bonchev–Trinajstić information content (AvgIpc) is 3.03. The fourth-order valence-corrected chi connectivity index (χ4v) is 3.58. The fraction of sp³-hybridized carbons (Fsp3) is 0.478. The SMILES string of the molecule is CCCCc1cc(CCCC(C)(C)C)c(O)c(-n2nc3ccc(Cl)cc3n2)c1. The maximum absolute atomic E-state index is 11.0. The van der Waals surface area contributed by atoms with Crippen molar-refractivity contribution in [3.05, 3.63) is 46.5 Å². The number of halogens is 1. The minimum Gasteiger partial charge on any atom is -0.505 e. The van der Waals surface area contributed by atoms with E-state index in [4.69, 9.17) is 11.6 Å². The number of nitrogens with zero attached hydrogens (tertiary/aromatic N) is 3. The summed E-state index contributed by atoms with van der Waals surface area (Å²) in [5, 5.41) is 20.7. The quantitative estimate of drug-likeness (QED) is 0.493. The predicted molar refractivity (Wildman–Crippen MR) is 117 cm³/mol. The van der Waals surface area contributed by atoms with Gasteiger partial charge in [-0.15, -0.1) is 15.0 Å². The smallest absolute Gasteiger partial charge is 0.146 e. The van der Waals surface area contributed by atoms with Gasteiger partial charge in [0.05, 0.1) is 0 Å². The number of fused-ring (bicyclic) bond motifs is 1. The highest BCUT2D eigenvalue weighted by molar-refractivity contribution is 6.31. The molecule has 2 aromatic carbocycles. The van der Waals surface area contributed by atoms with Crippen molar-refractivity contribution in [3.63, 3.8) is 0 Å². The molecular formula is C23H30ClN3O. The van der Waals surface area contributed by atoms with Crippen LogP contribution in [-0.2, 0) is 12.8 Å². The van der Waals surface area contributed by atoms with Gasteiger partial charge in [0.15, 0.2) is 0 Å². The molecule has 0 aliphatic heterocycles. The summed E-state index contributed by atoms with van der Waals surface area (Å²) in [5.41, 5.74) is 4.62. The molecule has 0 amide bonds. The molecule has 0 unspecified atom stereocenters. The molecule has 4 nitrogen and oxygen atoms in total. The van der Waals surface area contributed by atoms with Crippen LogP contribution in [0.5, 0.6) is 5.75 Å². The van der Waals surface area contributed by atoms with Crippen molar-refractivity contribution in [2.75, 3.05) is 0 Å². The number of phenols is 1. The summed E-state index contributed by atoms with van der Waals surface area (Å²) < 4.78 is 0. The van der Waals surface area contributed by atoms with Crippen LogP contribution in [0.15, 0.2) is 30.3 Å². The van der Waals surface area contributed by atoms with Crippen LogP contribution in [0.25, 0.3) is 16.7 Å². The lowest BCUT2D eigenvalue weighted by atomic mass is 9.88. The van der Waals surface area contributed by atoms with Crippen molar-refractivity contribution in [3.8, 4) is 11.4 Å². The Hall–Kier alpha value is -2.07. The number of unbranched alkanes of at least 4 members (excludes halogenated alkanes) is 1. The average molecular weight is 400 g/mol. The molecule has 1 heterocycles. The summed E-state index contributed by atoms with van der Waals surface area (Å²) in [5.74, 6) is 0.278. The lowest BCUT2D eigenvalue weighted by Crippen LogP contribution is -2.06. The summed E-state index contributed by atoms with van der Waals surface area (Å²) >= 11 is 6.08. The maximum Gasteiger partial charge on any atom is 0.146 e. The van der Waals surface area contributed by atoms with E-state index in [1.807, 2.05) is 12.1 Å². The third-order valence-electron chi connectivity index (χ3n) is 4.98. The normalized spacial score (nSPS) is 12.0. The van der Waals surface area contributed by atoms with Gasteiger partial charge >= 0.3 is 0 Å². The number of hydrogen-bond donors (Lipinski definition) is 1. The third-order valence-corrected chi connectivity index (χ3v) is 5.21. The van der Waals surface area contributed by atoms with Crippen molar-refractivity contribution in [2.24, 2.45) is 5.41 Å². The first-order valence-electron chi connectivity index (χ1n) is 10.1. The number of phenolic OH excluding ortho intramolecular Hbond substituents is 1. The van der Waals surface area contributed by atoms with Gasteiger partial charge in [0.1, 0.15) is 22.5 Å². The first-order chi connectivity index (χ1) is 13.3. The Morgan fingerprint density at radius 2 is 1.75 bits per heavy atom. The van der Waals surface area contributed by atoms with Crippen LogP contribution < -0.4 is 0 Å². The molecule has 0 aliphatic rings. The van der Waals surface area contributed by atoms with Gasteiger partial charge in [-0.25, -0.2) is 0 Å². The molecular weight excluding hydrogens is 370 g/mol. The van der Waals surface area contributed by atoms with E-state index in [1.165, 1.54) is 5.56 Å². The van der Waals surface area contributed by atoms with Crippen molar-refractivity contribution in [2.45, 2.75) is 66.2 Å². The van der Waals surface area contributed by atoms with Crippen LogP contribution in [0.2, 0.25) is 5.02 Å². The van der Waals surface area contributed by atoms with E-state index >= 15 is 0 Å². The monoisotopic (exact) mass is 399 g/mol. The van der Waals surface area contributed by atoms with E-state index in [9.17, 15) is 5.11 Å². The summed E-state index contributed by atoms with van der Waals surface area (Å²) in [7, 11) is 0. The molecule has 1 N–H and O–H groups in total. The van der Waals surface area contributed by atoms with Gasteiger partial charge in [0, 0.05) is 5.02 Å². The van der Waals surface area contributed by atoms with Crippen molar-refractivity contribution in [1.82, 2.24) is 15.0 Å². The minimum absolute atomic E-state index is 0.278. The molecule has 3 rings (SSSR count). The van der Waals surface area contributed by atoms with Crippen LogP contribution in [0.3, 0.4) is 0 Å². The van der Waals surface area contributed by atoms with Crippen LogP contribution in [0, 0.1) is 5.41 Å². The lowest BCUT2D eigenvalue weighted by molar-refractivity contribution is 0.364. The predicted octanol–water partition coefficient (Wildman–Crippen LogP) is 6.49. The van der Waals surface area contributed by atoms with E-state index in [0.29, 0.717) is 16.1 Å². The van der Waals surface area contributed by atoms with Crippen molar-refractivity contribution >= 4 is 22.6 Å². The van der Waals surface area contributed by atoms with Gasteiger partial charge in [0.25, 0.3) is 0 Å². The molecule has 0 saturated carbocycles. The number of aromatic nitrogens is 3. The van der Waals surface area contributed by atoms with E-state index < -0.39 is 0 Å². The zero-order valence-electron chi connectivity index (χ0n) is 17.3. The molecule has 0 saturated heterocycles. The van der Waals surface area contributed by atoms with Crippen LogP contribution in [-0.4, -0.2) is 20.1 Å². The molecule has 0 bridgehead atoms. The van der Waals surface area contributed by atoms with Gasteiger partial charge in [-0.05, 0) is 72.9 Å². The van der Waals surface area contributed by atoms with E-state index in [0.717, 1.165) is 55.1 Å². The molecule has 0 spiro atoms. The van der Waals surface area contributed by atoms with E-state index in [2.05, 4.69) is 44.0 Å². The second kappa shape index (κ2) is 8.52. The Bertz CT molecular complexity index is 956. The first-order valence-corrected chi connectivity index (χ1v) is 10.5. The molecule has 0 atom stereocenters. The summed E-state index contributed by atoms with van der Waals surface area (Å²) in [6, 6.07) is 9.61. The summed E-state index contributed by atoms with van der Waals surface area (Å²) in [6.45, 7) is 8.94. The Morgan fingerprint density at radius 3 is 2.46 bits per heavy atom. The van der Waals surface area contributed by atoms with Crippen LogP contribution >= 0.6 is 11.6 Å². The molecule has 150 valence electrons. The molecule has 0 radical (unpaired) electrons. The zero-order chi connectivity index (χ0) is 20.3. The first kappa shape index (κ1) is 20.7. The number of aromatic hydroxyl groups is 1. The second-order valence-electron chi connectivity index (χ2n) is 8.76. The van der Waals surface area contributed by atoms with Crippen molar-refractivity contribution < 1.29 is 5.11 Å². The molecule has 5 heteroatoms. The van der Waals surface area contributed by atoms with Crippen LogP contribution in [0.1, 0.15) is 64.5 Å². The second-order valence-corrected chi connectivity index (χ2v) is 9.20. The largest absolute Gasteiger partial charge is 0.505 e. The standard InChI is InChI=1S/C23H30ClN3O/c1-5-6-8-16-13-17(9-7-12-23(2,3)4)22(28)21(14-16)27-25-19-11-10-18(24)15-20(19)26-27/h10-11,13-15,28H,5-9,12H2,1-4H3.